The Bertz CT molecular complexity index is 803. The highest BCUT2D eigenvalue weighted by Gasteiger charge is 2.46. The van der Waals surface area contributed by atoms with Crippen LogP contribution in [-0.4, -0.2) is 72.3 Å². The lowest BCUT2D eigenvalue weighted by Crippen LogP contribution is -2.61. The van der Waals surface area contributed by atoms with Crippen molar-refractivity contribution >= 4 is 23.5 Å². The summed E-state index contributed by atoms with van der Waals surface area (Å²) in [6.45, 7) is 11.4. The molecule has 9 nitrogen and oxygen atoms in total. The van der Waals surface area contributed by atoms with Crippen molar-refractivity contribution in [2.24, 2.45) is 0 Å². The Balaban J connectivity index is 1.42. The Labute approximate surface area is 175 Å². The maximum absolute atomic E-state index is 10.5. The normalized spacial score (nSPS) is 22.7. The first-order chi connectivity index (χ1) is 13.8. The molecule has 2 aromatic rings. The van der Waals surface area contributed by atoms with Gasteiger partial charge in [-0.3, -0.25) is 0 Å². The largest absolute Gasteiger partial charge is 0.471 e. The van der Waals surface area contributed by atoms with Crippen molar-refractivity contribution in [2.75, 3.05) is 36.0 Å². The number of ether oxygens (including phenoxy) is 1. The molecular formula is C19H29N7O2S. The van der Waals surface area contributed by atoms with E-state index in [-0.39, 0.29) is 17.2 Å². The highest BCUT2D eigenvalue weighted by molar-refractivity contribution is 6.99. The molecule has 0 spiro atoms. The van der Waals surface area contributed by atoms with Crippen LogP contribution in [0.1, 0.15) is 40.5 Å². The van der Waals surface area contributed by atoms with E-state index in [2.05, 4.69) is 28.5 Å². The van der Waals surface area contributed by atoms with Crippen LogP contribution in [0.3, 0.4) is 0 Å². The van der Waals surface area contributed by atoms with E-state index in [0.29, 0.717) is 5.88 Å². The second kappa shape index (κ2) is 7.66. The number of rotatable bonds is 4. The summed E-state index contributed by atoms with van der Waals surface area (Å²) in [4.78, 5) is 13.1. The summed E-state index contributed by atoms with van der Waals surface area (Å²) < 4.78 is 15.3. The van der Waals surface area contributed by atoms with Gasteiger partial charge in [0.25, 0.3) is 5.88 Å². The molecule has 0 unspecified atom stereocenters. The van der Waals surface area contributed by atoms with Crippen LogP contribution in [0.25, 0.3) is 0 Å². The van der Waals surface area contributed by atoms with Crippen LogP contribution < -0.4 is 14.5 Å². The smallest absolute Gasteiger partial charge is 0.271 e. The number of nitrogens with zero attached hydrogens (tertiary/aromatic N) is 7. The van der Waals surface area contributed by atoms with Gasteiger partial charge < -0.3 is 19.7 Å². The van der Waals surface area contributed by atoms with Gasteiger partial charge in [0, 0.05) is 62.5 Å². The fraction of sp³-hybridized carbons (Fsp3) is 0.684. The number of piperazine rings is 1. The van der Waals surface area contributed by atoms with Crippen molar-refractivity contribution in [1.82, 2.24) is 23.8 Å². The lowest BCUT2D eigenvalue weighted by atomic mass is 9.80. The fourth-order valence-electron chi connectivity index (χ4n) is 4.44. The van der Waals surface area contributed by atoms with Crippen molar-refractivity contribution < 1.29 is 9.94 Å². The van der Waals surface area contributed by atoms with Gasteiger partial charge in [0.2, 0.25) is 11.8 Å². The minimum Gasteiger partial charge on any atom is -0.471 e. The highest BCUT2D eigenvalue weighted by Crippen LogP contribution is 2.39. The minimum atomic E-state index is -0.364. The van der Waals surface area contributed by atoms with E-state index in [1.807, 2.05) is 33.8 Å². The molecule has 4 heterocycles. The number of anilines is 2. The topological polar surface area (TPSA) is 90.7 Å². The van der Waals surface area contributed by atoms with E-state index in [4.69, 9.17) is 4.74 Å². The van der Waals surface area contributed by atoms with Gasteiger partial charge in [-0.1, -0.05) is 0 Å². The van der Waals surface area contributed by atoms with Gasteiger partial charge in [0.05, 0.1) is 11.7 Å². The quantitative estimate of drug-likeness (QED) is 0.802. The predicted octanol–water partition coefficient (Wildman–Crippen LogP) is 2.44. The standard InChI is InChI=1S/C19H29N7O2S/c1-18(2)12-14(13-19(3,4)26(18)27)28-16-15(22-29-23-16)24-8-10-25(11-9-24)17-20-6-5-7-21-17/h5-7,14,27H,8-13H2,1-4H3. The third-order valence-electron chi connectivity index (χ3n) is 5.74. The van der Waals surface area contributed by atoms with E-state index in [1.165, 1.54) is 16.8 Å². The van der Waals surface area contributed by atoms with E-state index in [1.54, 1.807) is 12.4 Å². The van der Waals surface area contributed by atoms with Gasteiger partial charge in [0.15, 0.2) is 0 Å². The van der Waals surface area contributed by atoms with E-state index in [9.17, 15) is 5.21 Å². The number of hydrogen-bond donors (Lipinski definition) is 1. The molecule has 158 valence electrons. The van der Waals surface area contributed by atoms with Gasteiger partial charge in [-0.25, -0.2) is 9.97 Å². The van der Waals surface area contributed by atoms with Crippen LogP contribution >= 0.6 is 11.7 Å². The molecule has 10 heteroatoms. The molecule has 2 aromatic heterocycles. The maximum Gasteiger partial charge on any atom is 0.271 e. The lowest BCUT2D eigenvalue weighted by molar-refractivity contribution is -0.255. The molecule has 0 aliphatic carbocycles. The molecule has 2 saturated heterocycles. The maximum atomic E-state index is 10.5. The molecule has 0 aromatic carbocycles. The zero-order valence-corrected chi connectivity index (χ0v) is 18.3. The van der Waals surface area contributed by atoms with Crippen molar-refractivity contribution in [2.45, 2.75) is 57.7 Å². The highest BCUT2D eigenvalue weighted by atomic mass is 32.1. The van der Waals surface area contributed by atoms with E-state index < -0.39 is 0 Å². The molecule has 0 radical (unpaired) electrons. The average Bonchev–Trinajstić information content (AvgIpc) is 3.14. The summed E-state index contributed by atoms with van der Waals surface area (Å²) in [6.07, 6.45) is 4.97. The summed E-state index contributed by atoms with van der Waals surface area (Å²) in [5, 5.41) is 12.0. The Morgan fingerprint density at radius 2 is 1.55 bits per heavy atom. The summed E-state index contributed by atoms with van der Waals surface area (Å²) in [7, 11) is 0. The molecule has 29 heavy (non-hydrogen) atoms. The second-order valence-electron chi connectivity index (χ2n) is 9.00. The lowest BCUT2D eigenvalue weighted by Gasteiger charge is -2.51. The molecule has 0 atom stereocenters. The number of hydroxylamine groups is 2. The number of piperidine rings is 1. The predicted molar refractivity (Wildman–Crippen MR) is 112 cm³/mol. The van der Waals surface area contributed by atoms with Crippen molar-refractivity contribution in [3.8, 4) is 5.88 Å². The van der Waals surface area contributed by atoms with Crippen LogP contribution in [0, 0.1) is 0 Å². The van der Waals surface area contributed by atoms with Gasteiger partial charge in [-0.2, -0.15) is 9.44 Å². The molecule has 0 amide bonds. The Kier molecular flexibility index (Phi) is 5.34. The van der Waals surface area contributed by atoms with Crippen LogP contribution in [0.2, 0.25) is 0 Å². The number of hydrogen-bond acceptors (Lipinski definition) is 10. The third-order valence-corrected chi connectivity index (χ3v) is 6.24. The average molecular weight is 420 g/mol. The molecule has 4 rings (SSSR count). The van der Waals surface area contributed by atoms with E-state index in [0.717, 1.165) is 50.8 Å². The van der Waals surface area contributed by atoms with Crippen molar-refractivity contribution in [1.29, 1.82) is 0 Å². The molecule has 2 aliphatic rings. The Morgan fingerprint density at radius 3 is 2.17 bits per heavy atom. The van der Waals surface area contributed by atoms with Crippen molar-refractivity contribution in [3.63, 3.8) is 0 Å². The zero-order chi connectivity index (χ0) is 20.6. The fourth-order valence-corrected chi connectivity index (χ4v) is 4.95. The summed E-state index contributed by atoms with van der Waals surface area (Å²) in [5.41, 5.74) is -0.728. The molecule has 1 N–H and O–H groups in total. The molecule has 2 fully saturated rings. The van der Waals surface area contributed by atoms with Crippen LogP contribution in [0.4, 0.5) is 11.8 Å². The summed E-state index contributed by atoms with van der Waals surface area (Å²) in [5.74, 6) is 2.17. The zero-order valence-electron chi connectivity index (χ0n) is 17.4. The van der Waals surface area contributed by atoms with Crippen LogP contribution in [0.15, 0.2) is 18.5 Å². The van der Waals surface area contributed by atoms with Gasteiger partial charge in [-0.05, 0) is 33.8 Å². The SMILES string of the molecule is CC1(C)CC(Oc2nsnc2N2CCN(c3ncccn3)CC2)CC(C)(C)N1O. The Morgan fingerprint density at radius 1 is 0.966 bits per heavy atom. The summed E-state index contributed by atoms with van der Waals surface area (Å²) in [6, 6.07) is 1.83. The summed E-state index contributed by atoms with van der Waals surface area (Å²) >= 11 is 1.18. The molecule has 0 bridgehead atoms. The first kappa shape index (κ1) is 20.2. The Hall–Kier alpha value is -2.04. The van der Waals surface area contributed by atoms with Crippen LogP contribution in [-0.2, 0) is 0 Å². The van der Waals surface area contributed by atoms with E-state index >= 15 is 0 Å². The van der Waals surface area contributed by atoms with Gasteiger partial charge in [-0.15, -0.1) is 4.37 Å². The second-order valence-corrected chi connectivity index (χ2v) is 9.53. The van der Waals surface area contributed by atoms with Gasteiger partial charge >= 0.3 is 0 Å². The minimum absolute atomic E-state index is 0.0231. The van der Waals surface area contributed by atoms with Gasteiger partial charge in [0.1, 0.15) is 6.10 Å². The molecular weight excluding hydrogens is 390 g/mol. The number of aromatic nitrogens is 4. The molecule has 0 saturated carbocycles. The monoisotopic (exact) mass is 419 g/mol. The first-order valence-corrected chi connectivity index (χ1v) is 10.7. The molecule has 2 aliphatic heterocycles. The van der Waals surface area contributed by atoms with Crippen molar-refractivity contribution in [3.05, 3.63) is 18.5 Å². The third kappa shape index (κ3) is 4.15. The first-order valence-electron chi connectivity index (χ1n) is 10.0. The van der Waals surface area contributed by atoms with Crippen LogP contribution in [0.5, 0.6) is 5.88 Å².